The Hall–Kier alpha value is -0.800. The summed E-state index contributed by atoms with van der Waals surface area (Å²) in [4.78, 5) is 9.67. The van der Waals surface area contributed by atoms with Crippen LogP contribution >= 0.6 is 11.6 Å². The second-order valence-electron chi connectivity index (χ2n) is 5.13. The first-order valence-electron chi connectivity index (χ1n) is 7.30. The van der Waals surface area contributed by atoms with E-state index in [9.17, 15) is 0 Å². The lowest BCUT2D eigenvalue weighted by Gasteiger charge is -2.35. The number of hydrogen-bond acceptors (Lipinski definition) is 3. The van der Waals surface area contributed by atoms with Crippen molar-refractivity contribution in [1.29, 1.82) is 0 Å². The van der Waals surface area contributed by atoms with E-state index in [0.29, 0.717) is 5.88 Å². The van der Waals surface area contributed by atoms with Crippen molar-refractivity contribution in [3.63, 3.8) is 0 Å². The van der Waals surface area contributed by atoms with Gasteiger partial charge in [0, 0.05) is 37.8 Å². The molecule has 0 bridgehead atoms. The third-order valence-electron chi connectivity index (χ3n) is 3.73. The van der Waals surface area contributed by atoms with E-state index in [1.807, 2.05) is 0 Å². The first-order chi connectivity index (χ1) is 9.26. The fourth-order valence-corrected chi connectivity index (χ4v) is 2.70. The Morgan fingerprint density at radius 2 is 1.89 bits per heavy atom. The van der Waals surface area contributed by atoms with Crippen molar-refractivity contribution in [2.75, 3.05) is 37.6 Å². The second kappa shape index (κ2) is 7.11. The zero-order chi connectivity index (χ0) is 13.7. The maximum absolute atomic E-state index is 6.00. The molecule has 19 heavy (non-hydrogen) atoms. The molecule has 2 rings (SSSR count). The third kappa shape index (κ3) is 3.83. The summed E-state index contributed by atoms with van der Waals surface area (Å²) in [5.74, 6) is 1.68. The number of nitrogens with zero attached hydrogens (tertiary/aromatic N) is 3. The lowest BCUT2D eigenvalue weighted by Crippen LogP contribution is -2.46. The molecule has 0 atom stereocenters. The number of alkyl halides is 1. The molecule has 106 valence electrons. The zero-order valence-electron chi connectivity index (χ0n) is 12.0. The minimum absolute atomic E-state index is 0.571. The second-order valence-corrected chi connectivity index (χ2v) is 5.40. The predicted octanol–water partition coefficient (Wildman–Crippen LogP) is 2.91. The monoisotopic (exact) mass is 281 g/mol. The van der Waals surface area contributed by atoms with Gasteiger partial charge in [0.15, 0.2) is 0 Å². The highest BCUT2D eigenvalue weighted by Crippen LogP contribution is 2.19. The van der Waals surface area contributed by atoms with Crippen LogP contribution in [0, 0.1) is 0 Å². The van der Waals surface area contributed by atoms with Gasteiger partial charge in [-0.3, -0.25) is 0 Å². The summed E-state index contributed by atoms with van der Waals surface area (Å²) in [6, 6.07) is 4.29. The molecule has 1 aromatic rings. The maximum atomic E-state index is 6.00. The number of pyridine rings is 1. The van der Waals surface area contributed by atoms with Gasteiger partial charge >= 0.3 is 0 Å². The number of likely N-dealkylation sites (N-methyl/N-ethyl adjacent to an activating group) is 1. The van der Waals surface area contributed by atoms with Crippen LogP contribution in [0.2, 0.25) is 0 Å². The van der Waals surface area contributed by atoms with Crippen molar-refractivity contribution in [2.45, 2.75) is 32.6 Å². The van der Waals surface area contributed by atoms with Crippen LogP contribution in [0.25, 0.3) is 0 Å². The lowest BCUT2D eigenvalue weighted by atomic mass is 10.1. The van der Waals surface area contributed by atoms with Crippen LogP contribution in [0.5, 0.6) is 0 Å². The average molecular weight is 282 g/mol. The van der Waals surface area contributed by atoms with Crippen LogP contribution in [0.4, 0.5) is 5.82 Å². The molecule has 0 unspecified atom stereocenters. The lowest BCUT2D eigenvalue weighted by molar-refractivity contribution is 0.270. The number of aryl methyl sites for hydroxylation is 1. The van der Waals surface area contributed by atoms with Crippen LogP contribution < -0.4 is 4.90 Å². The van der Waals surface area contributed by atoms with Gasteiger partial charge in [0.05, 0.1) is 0 Å². The van der Waals surface area contributed by atoms with Gasteiger partial charge in [0.1, 0.15) is 5.82 Å². The Balaban J connectivity index is 2.12. The number of anilines is 1. The Labute approximate surface area is 121 Å². The molecule has 1 aromatic heterocycles. The first-order valence-corrected chi connectivity index (χ1v) is 7.83. The highest BCUT2D eigenvalue weighted by atomic mass is 35.5. The van der Waals surface area contributed by atoms with Crippen molar-refractivity contribution in [3.8, 4) is 0 Å². The number of piperazine rings is 1. The van der Waals surface area contributed by atoms with E-state index in [4.69, 9.17) is 16.6 Å². The summed E-state index contributed by atoms with van der Waals surface area (Å²) in [5.41, 5.74) is 2.36. The molecule has 1 saturated heterocycles. The average Bonchev–Trinajstić information content (AvgIpc) is 2.47. The van der Waals surface area contributed by atoms with Gasteiger partial charge in [-0.2, -0.15) is 0 Å². The molecule has 0 radical (unpaired) electrons. The third-order valence-corrected chi connectivity index (χ3v) is 4.04. The number of rotatable bonds is 5. The molecule has 0 N–H and O–H groups in total. The van der Waals surface area contributed by atoms with Crippen LogP contribution in [0.1, 0.15) is 31.5 Å². The fourth-order valence-electron chi connectivity index (χ4n) is 2.55. The number of hydrogen-bond donors (Lipinski definition) is 0. The molecular formula is C15H24ClN3. The van der Waals surface area contributed by atoms with Crippen molar-refractivity contribution in [2.24, 2.45) is 0 Å². The molecule has 0 saturated carbocycles. The largest absolute Gasteiger partial charge is 0.354 e. The summed E-state index contributed by atoms with van der Waals surface area (Å²) in [7, 11) is 0. The zero-order valence-corrected chi connectivity index (χ0v) is 12.8. The topological polar surface area (TPSA) is 19.4 Å². The summed E-state index contributed by atoms with van der Waals surface area (Å²) in [6.07, 6.45) is 2.16. The van der Waals surface area contributed by atoms with E-state index in [0.717, 1.165) is 51.4 Å². The predicted molar refractivity (Wildman–Crippen MR) is 82.1 cm³/mol. The maximum Gasteiger partial charge on any atom is 0.129 e. The molecule has 2 heterocycles. The summed E-state index contributed by atoms with van der Waals surface area (Å²) >= 11 is 6.00. The molecule has 4 heteroatoms. The molecule has 0 aromatic carbocycles. The molecular weight excluding hydrogens is 258 g/mol. The number of aromatic nitrogens is 1. The van der Waals surface area contributed by atoms with E-state index in [2.05, 4.69) is 35.8 Å². The highest BCUT2D eigenvalue weighted by Gasteiger charge is 2.17. The van der Waals surface area contributed by atoms with Crippen molar-refractivity contribution >= 4 is 17.4 Å². The van der Waals surface area contributed by atoms with E-state index < -0.39 is 0 Å². The smallest absolute Gasteiger partial charge is 0.129 e. The minimum atomic E-state index is 0.571. The summed E-state index contributed by atoms with van der Waals surface area (Å²) < 4.78 is 0. The molecule has 3 nitrogen and oxygen atoms in total. The first kappa shape index (κ1) is 14.6. The van der Waals surface area contributed by atoms with E-state index in [1.165, 1.54) is 11.3 Å². The van der Waals surface area contributed by atoms with Gasteiger partial charge in [-0.15, -0.1) is 11.6 Å². The van der Waals surface area contributed by atoms with Gasteiger partial charge in [-0.1, -0.05) is 20.3 Å². The highest BCUT2D eigenvalue weighted by molar-refractivity contribution is 6.17. The van der Waals surface area contributed by atoms with E-state index >= 15 is 0 Å². The summed E-state index contributed by atoms with van der Waals surface area (Å²) in [6.45, 7) is 9.95. The van der Waals surface area contributed by atoms with Gasteiger partial charge in [-0.25, -0.2) is 4.98 Å². The van der Waals surface area contributed by atoms with Crippen LogP contribution in [0.15, 0.2) is 12.1 Å². The molecule has 1 aliphatic heterocycles. The number of halogens is 1. The SMILES string of the molecule is CCCc1cc(CCl)cc(N2CCN(CC)CC2)n1. The molecule has 1 fully saturated rings. The minimum Gasteiger partial charge on any atom is -0.354 e. The van der Waals surface area contributed by atoms with Crippen LogP contribution in [0.3, 0.4) is 0 Å². The van der Waals surface area contributed by atoms with Gasteiger partial charge in [0.25, 0.3) is 0 Å². The Bertz CT molecular complexity index is 400. The van der Waals surface area contributed by atoms with Gasteiger partial charge < -0.3 is 9.80 Å². The Kier molecular flexibility index (Phi) is 5.46. The molecule has 0 aliphatic carbocycles. The Morgan fingerprint density at radius 3 is 2.47 bits per heavy atom. The molecule has 0 spiro atoms. The van der Waals surface area contributed by atoms with Crippen LogP contribution in [-0.2, 0) is 12.3 Å². The molecule has 0 amide bonds. The van der Waals surface area contributed by atoms with Crippen LogP contribution in [-0.4, -0.2) is 42.6 Å². The van der Waals surface area contributed by atoms with E-state index in [-0.39, 0.29) is 0 Å². The van der Waals surface area contributed by atoms with Gasteiger partial charge in [0.2, 0.25) is 0 Å². The Morgan fingerprint density at radius 1 is 1.16 bits per heavy atom. The summed E-state index contributed by atoms with van der Waals surface area (Å²) in [5, 5.41) is 0. The van der Waals surface area contributed by atoms with Crippen molar-refractivity contribution in [1.82, 2.24) is 9.88 Å². The normalized spacial score (nSPS) is 16.9. The van der Waals surface area contributed by atoms with E-state index in [1.54, 1.807) is 0 Å². The fraction of sp³-hybridized carbons (Fsp3) is 0.667. The molecule has 1 aliphatic rings. The van der Waals surface area contributed by atoms with Crippen molar-refractivity contribution in [3.05, 3.63) is 23.4 Å². The quantitative estimate of drug-likeness (QED) is 0.774. The van der Waals surface area contributed by atoms with Crippen molar-refractivity contribution < 1.29 is 0 Å². The van der Waals surface area contributed by atoms with Gasteiger partial charge in [-0.05, 0) is 30.7 Å². The standard InChI is InChI=1S/C15H24ClN3/c1-3-5-14-10-13(12-16)11-15(17-14)19-8-6-18(4-2)7-9-19/h10-11H,3-9,12H2,1-2H3.